The molecule has 3 fully saturated rings. The topological polar surface area (TPSA) is 172 Å². The second-order valence-electron chi connectivity index (χ2n) is 21.0. The van der Waals surface area contributed by atoms with Gasteiger partial charge in [-0.05, 0) is 97.7 Å². The molecule has 0 aromatic rings. The van der Waals surface area contributed by atoms with E-state index in [0.717, 1.165) is 54.8 Å². The van der Waals surface area contributed by atoms with Crippen molar-refractivity contribution >= 4 is 5.97 Å². The normalized spacial score (nSPS) is 26.0. The molecule has 16 heteroatoms. The lowest BCUT2D eigenvalue weighted by molar-refractivity contribution is -0.149. The third-order valence-corrected chi connectivity index (χ3v) is 15.7. The molecule has 4 aliphatic carbocycles. The van der Waals surface area contributed by atoms with Gasteiger partial charge in [-0.15, -0.1) is 0 Å². The Morgan fingerprint density at radius 1 is 0.577 bits per heavy atom. The predicted octanol–water partition coefficient (Wildman–Crippen LogP) is 7.11. The van der Waals surface area contributed by atoms with E-state index in [1.807, 2.05) is 0 Å². The van der Waals surface area contributed by atoms with Gasteiger partial charge in [0, 0.05) is 7.11 Å². The molecular formula is C55H101NO15. The molecule has 0 bridgehead atoms. The fraction of sp³-hybridized carbons (Fsp3) is 0.945. The highest BCUT2D eigenvalue weighted by Crippen LogP contribution is 2.67. The summed E-state index contributed by atoms with van der Waals surface area (Å²) in [5.74, 6) is 4.53. The lowest BCUT2D eigenvalue weighted by Gasteiger charge is -2.58. The van der Waals surface area contributed by atoms with Crippen molar-refractivity contribution in [3.8, 4) is 0 Å². The monoisotopic (exact) mass is 1020 g/mol. The van der Waals surface area contributed by atoms with Gasteiger partial charge in [-0.1, -0.05) is 65.5 Å². The minimum Gasteiger partial charge on any atom is -0.462 e. The van der Waals surface area contributed by atoms with Crippen LogP contribution in [0.3, 0.4) is 0 Å². The predicted molar refractivity (Wildman–Crippen MR) is 273 cm³/mol. The van der Waals surface area contributed by atoms with Crippen molar-refractivity contribution in [2.24, 2.45) is 52.1 Å². The highest BCUT2D eigenvalue weighted by atomic mass is 16.6. The largest absolute Gasteiger partial charge is 0.462 e. The number of hydrogen-bond donors (Lipinski definition) is 1. The minimum absolute atomic E-state index is 0.0978. The van der Waals surface area contributed by atoms with E-state index < -0.39 is 12.0 Å². The van der Waals surface area contributed by atoms with E-state index in [1.54, 1.807) is 12.7 Å². The molecule has 0 heterocycles. The second-order valence-corrected chi connectivity index (χ2v) is 21.0. The van der Waals surface area contributed by atoms with Gasteiger partial charge in [-0.2, -0.15) is 0 Å². The Morgan fingerprint density at radius 2 is 1.03 bits per heavy atom. The van der Waals surface area contributed by atoms with E-state index in [9.17, 15) is 4.79 Å². The maximum Gasteiger partial charge on any atom is 0.325 e. The number of carbonyl (C=O) groups is 1. The first-order valence-electron chi connectivity index (χ1n) is 27.7. The first-order valence-corrected chi connectivity index (χ1v) is 27.7. The standard InChI is InChI=1S/C55H101NO15/c1-44(2)8-7-9-45(3)49-12-13-50-48-11-10-46-42-47(14-16-54(46,4)51(48)15-17-55(49,50)5)71-43-52(56)53(57)70-41-40-69-39-38-68-37-36-67-35-34-66-33-32-65-31-30-64-29-28-63-27-26-62-25-24-61-23-22-60-21-20-59-19-18-58-6/h10,44-45,47-52H,7-9,11-43,56H2,1-6H3/t45-,47?,48?,49-,50?,51?,52+,54+,55-/m1/s1. The van der Waals surface area contributed by atoms with Crippen LogP contribution in [0.1, 0.15) is 105 Å². The fourth-order valence-corrected chi connectivity index (χ4v) is 11.9. The molecule has 0 aromatic carbocycles. The van der Waals surface area contributed by atoms with E-state index in [0.29, 0.717) is 151 Å². The summed E-state index contributed by atoms with van der Waals surface area (Å²) >= 11 is 0. The molecule has 0 saturated heterocycles. The summed E-state index contributed by atoms with van der Waals surface area (Å²) in [4.78, 5) is 12.6. The average Bonchev–Trinajstić information content (AvgIpc) is 3.72. The Labute approximate surface area is 429 Å². The zero-order chi connectivity index (χ0) is 50.8. The number of nitrogens with two attached hydrogens (primary N) is 1. The van der Waals surface area contributed by atoms with Gasteiger partial charge in [0.1, 0.15) is 12.6 Å². The third kappa shape index (κ3) is 23.6. The first kappa shape index (κ1) is 62.2. The molecule has 16 nitrogen and oxygen atoms in total. The van der Waals surface area contributed by atoms with Gasteiger partial charge >= 0.3 is 5.97 Å². The summed E-state index contributed by atoms with van der Waals surface area (Å²) in [6.07, 6.45) is 16.8. The van der Waals surface area contributed by atoms with Gasteiger partial charge < -0.3 is 72.0 Å². The summed E-state index contributed by atoms with van der Waals surface area (Å²) in [7, 11) is 1.65. The maximum absolute atomic E-state index is 12.6. The fourth-order valence-electron chi connectivity index (χ4n) is 11.9. The first-order chi connectivity index (χ1) is 34.6. The van der Waals surface area contributed by atoms with Gasteiger partial charge in [0.25, 0.3) is 0 Å². The molecule has 0 aliphatic heterocycles. The van der Waals surface area contributed by atoms with Crippen molar-refractivity contribution in [3.63, 3.8) is 0 Å². The number of carbonyl (C=O) groups excluding carboxylic acids is 1. The number of fused-ring (bicyclic) bond motifs is 5. The third-order valence-electron chi connectivity index (χ3n) is 15.7. The molecule has 71 heavy (non-hydrogen) atoms. The van der Waals surface area contributed by atoms with Gasteiger partial charge in [-0.3, -0.25) is 4.79 Å². The minimum atomic E-state index is -0.812. The van der Waals surface area contributed by atoms with Crippen LogP contribution in [0.15, 0.2) is 11.6 Å². The number of hydrogen-bond acceptors (Lipinski definition) is 16. The van der Waals surface area contributed by atoms with Crippen LogP contribution in [0.2, 0.25) is 0 Å². The van der Waals surface area contributed by atoms with Crippen LogP contribution >= 0.6 is 0 Å². The second kappa shape index (κ2) is 37.4. The molecular weight excluding hydrogens is 915 g/mol. The van der Waals surface area contributed by atoms with Gasteiger partial charge in [0.2, 0.25) is 0 Å². The number of rotatable bonds is 45. The zero-order valence-electron chi connectivity index (χ0n) is 45.4. The number of ether oxygens (including phenoxy) is 14. The number of esters is 1. The Kier molecular flexibility index (Phi) is 32.8. The molecule has 4 rings (SSSR count). The van der Waals surface area contributed by atoms with Crippen molar-refractivity contribution < 1.29 is 71.1 Å². The summed E-state index contributed by atoms with van der Waals surface area (Å²) in [6.45, 7) is 24.1. The van der Waals surface area contributed by atoms with E-state index in [2.05, 4.69) is 40.7 Å². The summed E-state index contributed by atoms with van der Waals surface area (Å²) < 4.78 is 77.1. The van der Waals surface area contributed by atoms with Gasteiger partial charge in [0.05, 0.1) is 165 Å². The number of methoxy groups -OCH3 is 1. The maximum atomic E-state index is 12.6. The van der Waals surface area contributed by atoms with Crippen LogP contribution < -0.4 is 5.73 Å². The van der Waals surface area contributed by atoms with Crippen LogP contribution in [-0.2, 0) is 71.1 Å². The Balaban J connectivity index is 0.862. The molecule has 0 radical (unpaired) electrons. The molecule has 416 valence electrons. The molecule has 2 N–H and O–H groups in total. The zero-order valence-corrected chi connectivity index (χ0v) is 45.4. The van der Waals surface area contributed by atoms with Crippen LogP contribution in [0, 0.1) is 46.3 Å². The van der Waals surface area contributed by atoms with Crippen molar-refractivity contribution in [2.45, 2.75) is 117 Å². The highest BCUT2D eigenvalue weighted by Gasteiger charge is 2.59. The number of allylic oxidation sites excluding steroid dienone is 1. The van der Waals surface area contributed by atoms with E-state index >= 15 is 0 Å². The van der Waals surface area contributed by atoms with E-state index in [4.69, 9.17) is 72.0 Å². The molecule has 9 atom stereocenters. The molecule has 4 aliphatic rings. The summed E-state index contributed by atoms with van der Waals surface area (Å²) in [5, 5.41) is 0. The lowest BCUT2D eigenvalue weighted by Crippen LogP contribution is -2.51. The summed E-state index contributed by atoms with van der Waals surface area (Å²) in [5.41, 5.74) is 8.58. The SMILES string of the molecule is COCCOCCOCCOCCOCCOCCOCCOCCOCCOCCOCCOCCOC(=O)[C@@H](N)COC1CC[C@@]2(C)C(=CCC3C2CC[C@@]2(C)C3CC[C@@H]2[C@H](C)CCCC(C)C)C1. The Morgan fingerprint density at radius 3 is 1.48 bits per heavy atom. The van der Waals surface area contributed by atoms with Crippen LogP contribution in [0.5, 0.6) is 0 Å². The van der Waals surface area contributed by atoms with Crippen LogP contribution in [0.4, 0.5) is 0 Å². The van der Waals surface area contributed by atoms with Crippen molar-refractivity contribution in [1.29, 1.82) is 0 Å². The molecule has 0 spiro atoms. The Hall–Kier alpha value is -1.35. The molecule has 0 amide bonds. The molecule has 3 saturated carbocycles. The van der Waals surface area contributed by atoms with Gasteiger partial charge in [0.15, 0.2) is 0 Å². The van der Waals surface area contributed by atoms with Crippen LogP contribution in [-0.4, -0.2) is 190 Å². The summed E-state index contributed by atoms with van der Waals surface area (Å²) in [6, 6.07) is -0.812. The molecule has 0 aromatic heterocycles. The van der Waals surface area contributed by atoms with Crippen molar-refractivity contribution in [1.82, 2.24) is 0 Å². The smallest absolute Gasteiger partial charge is 0.325 e. The van der Waals surface area contributed by atoms with Crippen molar-refractivity contribution in [2.75, 3.05) is 172 Å². The van der Waals surface area contributed by atoms with Gasteiger partial charge in [-0.25, -0.2) is 0 Å². The highest BCUT2D eigenvalue weighted by molar-refractivity contribution is 5.75. The quantitative estimate of drug-likeness (QED) is 0.0371. The van der Waals surface area contributed by atoms with E-state index in [-0.39, 0.29) is 31.3 Å². The lowest BCUT2D eigenvalue weighted by atomic mass is 9.47. The molecule has 4 unspecified atom stereocenters. The van der Waals surface area contributed by atoms with Crippen LogP contribution in [0.25, 0.3) is 0 Å². The van der Waals surface area contributed by atoms with Crippen molar-refractivity contribution in [3.05, 3.63) is 11.6 Å². The van der Waals surface area contributed by atoms with E-state index in [1.165, 1.54) is 51.4 Å². The Bertz CT molecular complexity index is 1380. The average molecular weight is 1020 g/mol.